The molecule has 3 aromatic rings. The second-order valence-electron chi connectivity index (χ2n) is 6.56. The molecular formula is C19H21N5O. The molecule has 0 radical (unpaired) electrons. The second kappa shape index (κ2) is 6.20. The van der Waals surface area contributed by atoms with E-state index < -0.39 is 0 Å². The largest absolute Gasteiger partial charge is 0.326 e. The minimum atomic E-state index is -0.0365. The molecule has 1 aliphatic rings. The molecule has 0 spiro atoms. The highest BCUT2D eigenvalue weighted by atomic mass is 16.1. The van der Waals surface area contributed by atoms with E-state index in [-0.39, 0.29) is 11.8 Å². The summed E-state index contributed by atoms with van der Waals surface area (Å²) in [6, 6.07) is 9.88. The van der Waals surface area contributed by atoms with Gasteiger partial charge in [0.05, 0.1) is 24.5 Å². The molecule has 0 fully saturated rings. The Hall–Kier alpha value is -2.89. The molecule has 1 N–H and O–H groups in total. The Bertz CT molecular complexity index is 906. The van der Waals surface area contributed by atoms with Gasteiger partial charge in [0, 0.05) is 29.0 Å². The Morgan fingerprint density at radius 1 is 1.20 bits per heavy atom. The third-order valence-corrected chi connectivity index (χ3v) is 4.98. The van der Waals surface area contributed by atoms with Crippen molar-refractivity contribution in [3.05, 3.63) is 59.9 Å². The fourth-order valence-electron chi connectivity index (χ4n) is 3.28. The van der Waals surface area contributed by atoms with Crippen molar-refractivity contribution in [1.29, 1.82) is 0 Å². The van der Waals surface area contributed by atoms with Crippen LogP contribution in [0.4, 0.5) is 5.69 Å². The van der Waals surface area contributed by atoms with Crippen LogP contribution in [0.5, 0.6) is 0 Å². The van der Waals surface area contributed by atoms with Crippen molar-refractivity contribution >= 4 is 11.6 Å². The fourth-order valence-corrected chi connectivity index (χ4v) is 3.28. The summed E-state index contributed by atoms with van der Waals surface area (Å²) in [5, 5.41) is 7.31. The molecule has 1 aromatic carbocycles. The molecule has 6 nitrogen and oxygen atoms in total. The van der Waals surface area contributed by atoms with Gasteiger partial charge < -0.3 is 9.88 Å². The van der Waals surface area contributed by atoms with Crippen LogP contribution in [-0.2, 0) is 17.8 Å². The molecule has 1 aliphatic heterocycles. The van der Waals surface area contributed by atoms with E-state index in [0.29, 0.717) is 6.54 Å². The van der Waals surface area contributed by atoms with Crippen molar-refractivity contribution in [2.45, 2.75) is 33.2 Å². The van der Waals surface area contributed by atoms with Crippen molar-refractivity contribution < 1.29 is 4.79 Å². The van der Waals surface area contributed by atoms with Gasteiger partial charge in [0.2, 0.25) is 5.91 Å². The number of amides is 1. The minimum Gasteiger partial charge on any atom is -0.326 e. The standard InChI is InChI=1S/C19H21N5O/c1-13-14(2)23(12-20-13)17-7-4-16(5-8-17)22-19(25)15-3-6-18-9-10-21-24(18)11-15/h4-5,7-10,12,15H,3,6,11H2,1-2H3,(H,22,25). The van der Waals surface area contributed by atoms with Gasteiger partial charge in [-0.25, -0.2) is 4.98 Å². The van der Waals surface area contributed by atoms with Gasteiger partial charge >= 0.3 is 0 Å². The molecule has 0 aliphatic carbocycles. The number of aryl methyl sites for hydroxylation is 2. The SMILES string of the molecule is Cc1ncn(-c2ccc(NC(=O)C3CCc4ccnn4C3)cc2)c1C. The first-order valence-corrected chi connectivity index (χ1v) is 8.54. The highest BCUT2D eigenvalue weighted by Crippen LogP contribution is 2.22. The number of carbonyl (C=O) groups excluding carboxylic acids is 1. The molecule has 0 saturated carbocycles. The van der Waals surface area contributed by atoms with Gasteiger partial charge in [-0.05, 0) is 57.0 Å². The number of benzene rings is 1. The third-order valence-electron chi connectivity index (χ3n) is 4.98. The maximum Gasteiger partial charge on any atom is 0.229 e. The maximum atomic E-state index is 12.5. The molecule has 4 rings (SSSR count). The molecule has 1 atom stereocenters. The van der Waals surface area contributed by atoms with E-state index >= 15 is 0 Å². The number of hydrogen-bond donors (Lipinski definition) is 1. The van der Waals surface area contributed by atoms with Crippen molar-refractivity contribution in [2.24, 2.45) is 5.92 Å². The summed E-state index contributed by atoms with van der Waals surface area (Å²) >= 11 is 0. The van der Waals surface area contributed by atoms with Crippen molar-refractivity contribution in [1.82, 2.24) is 19.3 Å². The summed E-state index contributed by atoms with van der Waals surface area (Å²) in [6.07, 6.45) is 5.38. The molecule has 1 unspecified atom stereocenters. The number of hydrogen-bond acceptors (Lipinski definition) is 3. The lowest BCUT2D eigenvalue weighted by Crippen LogP contribution is -2.31. The van der Waals surface area contributed by atoms with Gasteiger partial charge in [0.1, 0.15) is 0 Å². The summed E-state index contributed by atoms with van der Waals surface area (Å²) < 4.78 is 3.97. The van der Waals surface area contributed by atoms with Crippen molar-refractivity contribution in [3.63, 3.8) is 0 Å². The molecular weight excluding hydrogens is 314 g/mol. The van der Waals surface area contributed by atoms with E-state index in [1.165, 1.54) is 5.69 Å². The molecule has 2 aromatic heterocycles. The van der Waals surface area contributed by atoms with Crippen molar-refractivity contribution in [2.75, 3.05) is 5.32 Å². The van der Waals surface area contributed by atoms with E-state index in [2.05, 4.69) is 15.4 Å². The number of imidazole rings is 1. The maximum absolute atomic E-state index is 12.5. The van der Waals surface area contributed by atoms with E-state index in [4.69, 9.17) is 0 Å². The smallest absolute Gasteiger partial charge is 0.229 e. The molecule has 6 heteroatoms. The Morgan fingerprint density at radius 3 is 2.72 bits per heavy atom. The van der Waals surface area contributed by atoms with Gasteiger partial charge in [0.15, 0.2) is 0 Å². The number of fused-ring (bicyclic) bond motifs is 1. The number of aromatic nitrogens is 4. The lowest BCUT2D eigenvalue weighted by Gasteiger charge is -2.22. The Kier molecular flexibility index (Phi) is 3.87. The number of nitrogens with zero attached hydrogens (tertiary/aromatic N) is 4. The van der Waals surface area contributed by atoms with Crippen LogP contribution in [-0.4, -0.2) is 25.2 Å². The fraction of sp³-hybridized carbons (Fsp3) is 0.316. The van der Waals surface area contributed by atoms with E-state index in [9.17, 15) is 4.79 Å². The zero-order chi connectivity index (χ0) is 17.4. The topological polar surface area (TPSA) is 64.7 Å². The zero-order valence-corrected chi connectivity index (χ0v) is 14.4. The van der Waals surface area contributed by atoms with Gasteiger partial charge in [0.25, 0.3) is 0 Å². The zero-order valence-electron chi connectivity index (χ0n) is 14.4. The van der Waals surface area contributed by atoms with Crippen LogP contribution >= 0.6 is 0 Å². The van der Waals surface area contributed by atoms with Crippen LogP contribution in [0.15, 0.2) is 42.9 Å². The number of nitrogens with one attached hydrogen (secondary N) is 1. The Morgan fingerprint density at radius 2 is 2.00 bits per heavy atom. The Labute approximate surface area is 146 Å². The molecule has 25 heavy (non-hydrogen) atoms. The molecule has 0 bridgehead atoms. The summed E-state index contributed by atoms with van der Waals surface area (Å²) in [6.45, 7) is 4.69. The highest BCUT2D eigenvalue weighted by molar-refractivity contribution is 5.92. The van der Waals surface area contributed by atoms with Crippen LogP contribution in [0.25, 0.3) is 5.69 Å². The van der Waals surface area contributed by atoms with Gasteiger partial charge in [-0.3, -0.25) is 9.48 Å². The first-order chi connectivity index (χ1) is 12.1. The summed E-state index contributed by atoms with van der Waals surface area (Å²) in [5.74, 6) is 0.0224. The summed E-state index contributed by atoms with van der Waals surface area (Å²) in [4.78, 5) is 16.9. The highest BCUT2D eigenvalue weighted by Gasteiger charge is 2.25. The summed E-state index contributed by atoms with van der Waals surface area (Å²) in [5.41, 5.74) is 5.20. The van der Waals surface area contributed by atoms with E-state index in [0.717, 1.165) is 35.6 Å². The monoisotopic (exact) mass is 335 g/mol. The number of carbonyl (C=O) groups is 1. The first kappa shape index (κ1) is 15.6. The lowest BCUT2D eigenvalue weighted by molar-refractivity contribution is -0.120. The number of rotatable bonds is 3. The normalized spacial score (nSPS) is 16.5. The predicted molar refractivity (Wildman–Crippen MR) is 95.7 cm³/mol. The third kappa shape index (κ3) is 2.95. The van der Waals surface area contributed by atoms with Gasteiger partial charge in [-0.2, -0.15) is 5.10 Å². The molecule has 0 saturated heterocycles. The second-order valence-corrected chi connectivity index (χ2v) is 6.56. The lowest BCUT2D eigenvalue weighted by atomic mass is 9.97. The van der Waals surface area contributed by atoms with Crippen LogP contribution in [0.3, 0.4) is 0 Å². The molecule has 128 valence electrons. The summed E-state index contributed by atoms with van der Waals surface area (Å²) in [7, 11) is 0. The van der Waals surface area contributed by atoms with Crippen LogP contribution in [0, 0.1) is 19.8 Å². The van der Waals surface area contributed by atoms with E-state index in [1.807, 2.05) is 59.8 Å². The number of anilines is 1. The van der Waals surface area contributed by atoms with Gasteiger partial charge in [-0.1, -0.05) is 0 Å². The molecule has 3 heterocycles. The molecule has 1 amide bonds. The van der Waals surface area contributed by atoms with Gasteiger partial charge in [-0.15, -0.1) is 0 Å². The predicted octanol–water partition coefficient (Wildman–Crippen LogP) is 2.89. The Balaban J connectivity index is 1.45. The average molecular weight is 335 g/mol. The first-order valence-electron chi connectivity index (χ1n) is 8.54. The minimum absolute atomic E-state index is 0.0365. The van der Waals surface area contributed by atoms with E-state index in [1.54, 1.807) is 6.20 Å². The van der Waals surface area contributed by atoms with Crippen LogP contribution < -0.4 is 5.32 Å². The average Bonchev–Trinajstić information content (AvgIpc) is 3.22. The van der Waals surface area contributed by atoms with Crippen molar-refractivity contribution in [3.8, 4) is 5.69 Å². The van der Waals surface area contributed by atoms with Crippen LogP contribution in [0.2, 0.25) is 0 Å². The quantitative estimate of drug-likeness (QED) is 0.800. The van der Waals surface area contributed by atoms with Crippen LogP contribution in [0.1, 0.15) is 23.5 Å².